The van der Waals surface area contributed by atoms with Crippen molar-refractivity contribution in [2.45, 2.75) is 6.10 Å². The van der Waals surface area contributed by atoms with E-state index >= 15 is 0 Å². The lowest BCUT2D eigenvalue weighted by molar-refractivity contribution is 0.110. The van der Waals surface area contributed by atoms with Crippen LogP contribution in [-0.2, 0) is 4.74 Å². The number of ether oxygens (including phenoxy) is 1. The van der Waals surface area contributed by atoms with Gasteiger partial charge in [0.15, 0.2) is 0 Å². The zero-order valence-electron chi connectivity index (χ0n) is 6.93. The molecule has 0 unspecified atom stereocenters. The predicted molar refractivity (Wildman–Crippen MR) is 50.3 cm³/mol. The third-order valence-electron chi connectivity index (χ3n) is 1.55. The molecular formula is C8H13ClN2O. The maximum absolute atomic E-state index is 5.46. The highest BCUT2D eigenvalue weighted by molar-refractivity contribution is 5.85. The van der Waals surface area contributed by atoms with Crippen LogP contribution in [0, 0.1) is 0 Å². The first-order chi connectivity index (χ1) is 5.38. The van der Waals surface area contributed by atoms with Gasteiger partial charge in [-0.05, 0) is 6.07 Å². The maximum Gasteiger partial charge on any atom is 0.0958 e. The lowest BCUT2D eigenvalue weighted by atomic mass is 10.2. The summed E-state index contributed by atoms with van der Waals surface area (Å²) in [6.07, 6.45) is 3.47. The Balaban J connectivity index is 0.00000121. The fourth-order valence-electron chi connectivity index (χ4n) is 0.935. The SMILES string of the molecule is CO[C@H](CN)c1cccnc1.Cl. The number of aromatic nitrogens is 1. The lowest BCUT2D eigenvalue weighted by Crippen LogP contribution is -2.14. The Bertz CT molecular complexity index is 201. The molecule has 2 N–H and O–H groups in total. The smallest absolute Gasteiger partial charge is 0.0958 e. The van der Waals surface area contributed by atoms with E-state index in [0.29, 0.717) is 6.54 Å². The van der Waals surface area contributed by atoms with Crippen molar-refractivity contribution in [1.29, 1.82) is 0 Å². The van der Waals surface area contributed by atoms with Gasteiger partial charge in [0.1, 0.15) is 0 Å². The molecule has 0 radical (unpaired) electrons. The fourth-order valence-corrected chi connectivity index (χ4v) is 0.935. The van der Waals surface area contributed by atoms with Gasteiger partial charge >= 0.3 is 0 Å². The summed E-state index contributed by atoms with van der Waals surface area (Å²) >= 11 is 0. The summed E-state index contributed by atoms with van der Waals surface area (Å²) in [7, 11) is 1.64. The lowest BCUT2D eigenvalue weighted by Gasteiger charge is -2.11. The monoisotopic (exact) mass is 188 g/mol. The van der Waals surface area contributed by atoms with Crippen LogP contribution < -0.4 is 5.73 Å². The molecule has 0 aliphatic carbocycles. The van der Waals surface area contributed by atoms with E-state index in [1.54, 1.807) is 19.5 Å². The van der Waals surface area contributed by atoms with Crippen LogP contribution in [0.5, 0.6) is 0 Å². The largest absolute Gasteiger partial charge is 0.375 e. The molecule has 1 rings (SSSR count). The summed E-state index contributed by atoms with van der Waals surface area (Å²) < 4.78 is 5.12. The zero-order valence-corrected chi connectivity index (χ0v) is 7.75. The molecule has 0 saturated carbocycles. The van der Waals surface area contributed by atoms with E-state index in [9.17, 15) is 0 Å². The topological polar surface area (TPSA) is 48.1 Å². The van der Waals surface area contributed by atoms with E-state index in [1.807, 2.05) is 12.1 Å². The number of rotatable bonds is 3. The Hall–Kier alpha value is -0.640. The molecule has 0 saturated heterocycles. The maximum atomic E-state index is 5.46. The zero-order chi connectivity index (χ0) is 8.10. The molecule has 3 nitrogen and oxygen atoms in total. The third kappa shape index (κ3) is 2.77. The van der Waals surface area contributed by atoms with Crippen LogP contribution in [0.25, 0.3) is 0 Å². The van der Waals surface area contributed by atoms with Crippen LogP contribution in [0.4, 0.5) is 0 Å². The quantitative estimate of drug-likeness (QED) is 0.774. The van der Waals surface area contributed by atoms with Crippen molar-refractivity contribution in [2.24, 2.45) is 5.73 Å². The molecular weight excluding hydrogens is 176 g/mol. The van der Waals surface area contributed by atoms with Crippen molar-refractivity contribution in [2.75, 3.05) is 13.7 Å². The van der Waals surface area contributed by atoms with Crippen molar-refractivity contribution >= 4 is 12.4 Å². The van der Waals surface area contributed by atoms with Crippen molar-refractivity contribution < 1.29 is 4.74 Å². The van der Waals surface area contributed by atoms with Gasteiger partial charge < -0.3 is 10.5 Å². The molecule has 68 valence electrons. The average molecular weight is 189 g/mol. The van der Waals surface area contributed by atoms with E-state index in [0.717, 1.165) is 5.56 Å². The van der Waals surface area contributed by atoms with Crippen LogP contribution in [0.15, 0.2) is 24.5 Å². The van der Waals surface area contributed by atoms with Gasteiger partial charge in [-0.15, -0.1) is 12.4 Å². The van der Waals surface area contributed by atoms with Crippen LogP contribution in [0.1, 0.15) is 11.7 Å². The van der Waals surface area contributed by atoms with Gasteiger partial charge in [0.25, 0.3) is 0 Å². The molecule has 0 bridgehead atoms. The predicted octanol–water partition coefficient (Wildman–Crippen LogP) is 1.15. The summed E-state index contributed by atoms with van der Waals surface area (Å²) in [5, 5.41) is 0. The molecule has 1 aromatic heterocycles. The summed E-state index contributed by atoms with van der Waals surface area (Å²) in [4.78, 5) is 3.97. The van der Waals surface area contributed by atoms with Gasteiger partial charge in [-0.25, -0.2) is 0 Å². The van der Waals surface area contributed by atoms with Crippen molar-refractivity contribution in [3.63, 3.8) is 0 Å². The molecule has 1 heterocycles. The van der Waals surface area contributed by atoms with E-state index in [-0.39, 0.29) is 18.5 Å². The molecule has 1 atom stereocenters. The summed E-state index contributed by atoms with van der Waals surface area (Å²) in [6, 6.07) is 3.82. The molecule has 12 heavy (non-hydrogen) atoms. The summed E-state index contributed by atoms with van der Waals surface area (Å²) in [5.74, 6) is 0. The van der Waals surface area contributed by atoms with Crippen molar-refractivity contribution in [3.05, 3.63) is 30.1 Å². The van der Waals surface area contributed by atoms with E-state index in [2.05, 4.69) is 4.98 Å². The van der Waals surface area contributed by atoms with Gasteiger partial charge in [0.05, 0.1) is 6.10 Å². The summed E-state index contributed by atoms with van der Waals surface area (Å²) in [5.41, 5.74) is 6.49. The number of nitrogens with two attached hydrogens (primary N) is 1. The minimum Gasteiger partial charge on any atom is -0.375 e. The molecule has 0 amide bonds. The van der Waals surface area contributed by atoms with Gasteiger partial charge in [-0.2, -0.15) is 0 Å². The first-order valence-corrected chi connectivity index (χ1v) is 3.51. The molecule has 4 heteroatoms. The summed E-state index contributed by atoms with van der Waals surface area (Å²) in [6.45, 7) is 0.488. The van der Waals surface area contributed by atoms with Crippen molar-refractivity contribution in [3.8, 4) is 0 Å². The second kappa shape index (κ2) is 5.94. The fraction of sp³-hybridized carbons (Fsp3) is 0.375. The van der Waals surface area contributed by atoms with Crippen molar-refractivity contribution in [1.82, 2.24) is 4.98 Å². The number of pyridine rings is 1. The molecule has 1 aromatic rings. The number of nitrogens with zero attached hydrogens (tertiary/aromatic N) is 1. The Morgan fingerprint density at radius 3 is 2.83 bits per heavy atom. The number of methoxy groups -OCH3 is 1. The Kier molecular flexibility index (Phi) is 5.62. The van der Waals surface area contributed by atoms with Crippen LogP contribution >= 0.6 is 12.4 Å². The molecule has 0 aliphatic heterocycles. The first-order valence-electron chi connectivity index (χ1n) is 3.51. The number of hydrogen-bond acceptors (Lipinski definition) is 3. The highest BCUT2D eigenvalue weighted by Gasteiger charge is 2.05. The Morgan fingerprint density at radius 1 is 1.67 bits per heavy atom. The Morgan fingerprint density at radius 2 is 2.42 bits per heavy atom. The number of halogens is 1. The molecule has 0 fully saturated rings. The molecule has 0 aromatic carbocycles. The minimum absolute atomic E-state index is 0. The molecule has 0 aliphatic rings. The van der Waals surface area contributed by atoms with Gasteiger partial charge in [-0.1, -0.05) is 6.07 Å². The van der Waals surface area contributed by atoms with Gasteiger partial charge in [0.2, 0.25) is 0 Å². The second-order valence-electron chi connectivity index (χ2n) is 2.25. The van der Waals surface area contributed by atoms with Crippen LogP contribution in [0.3, 0.4) is 0 Å². The average Bonchev–Trinajstić information content (AvgIpc) is 2.09. The van der Waals surface area contributed by atoms with E-state index in [4.69, 9.17) is 10.5 Å². The third-order valence-corrected chi connectivity index (χ3v) is 1.55. The van der Waals surface area contributed by atoms with E-state index in [1.165, 1.54) is 0 Å². The van der Waals surface area contributed by atoms with Crippen LogP contribution in [0.2, 0.25) is 0 Å². The minimum atomic E-state index is -0.0244. The standard InChI is InChI=1S/C8H12N2O.ClH/c1-11-8(5-9)7-3-2-4-10-6-7;/h2-4,6,8H,5,9H2,1H3;1H/t8-;/m1./s1. The highest BCUT2D eigenvalue weighted by atomic mass is 35.5. The molecule has 0 spiro atoms. The van der Waals surface area contributed by atoms with E-state index < -0.39 is 0 Å². The van der Waals surface area contributed by atoms with Crippen LogP contribution in [-0.4, -0.2) is 18.6 Å². The highest BCUT2D eigenvalue weighted by Crippen LogP contribution is 2.12. The second-order valence-corrected chi connectivity index (χ2v) is 2.25. The Labute approximate surface area is 78.4 Å². The van der Waals surface area contributed by atoms with Gasteiger partial charge in [-0.3, -0.25) is 4.98 Å². The normalized spacial score (nSPS) is 11.8. The number of hydrogen-bond donors (Lipinski definition) is 1. The first kappa shape index (κ1) is 11.4. The van der Waals surface area contributed by atoms with Gasteiger partial charge in [0, 0.05) is 31.6 Å².